The van der Waals surface area contributed by atoms with E-state index in [9.17, 15) is 4.79 Å². The first-order chi connectivity index (χ1) is 8.15. The fourth-order valence-corrected chi connectivity index (χ4v) is 3.65. The first-order valence-electron chi connectivity index (χ1n) is 5.48. The summed E-state index contributed by atoms with van der Waals surface area (Å²) in [5.41, 5.74) is 2.44. The molecule has 0 spiro atoms. The molecule has 0 atom stereocenters. The number of carboxylic acids is 1. The van der Waals surface area contributed by atoms with Gasteiger partial charge in [-0.3, -0.25) is 0 Å². The molecule has 0 aliphatic heterocycles. The molecule has 3 nitrogen and oxygen atoms in total. The smallest absolute Gasteiger partial charge is 0.335 e. The second-order valence-corrected chi connectivity index (χ2v) is 6.62. The van der Waals surface area contributed by atoms with Crippen LogP contribution in [0.5, 0.6) is 0 Å². The standard InChI is InChI=1S/C12H10BrNO2S/c13-12-14-10-8(6-2-1-3-6)4-7(11(15)16)5-9(10)17-12/h4-6H,1-3H2,(H,15,16). The van der Waals surface area contributed by atoms with Crippen LogP contribution in [0.2, 0.25) is 0 Å². The summed E-state index contributed by atoms with van der Waals surface area (Å²) in [6.07, 6.45) is 3.52. The van der Waals surface area contributed by atoms with Gasteiger partial charge in [0.05, 0.1) is 15.8 Å². The highest BCUT2D eigenvalue weighted by Crippen LogP contribution is 2.41. The molecular weight excluding hydrogens is 302 g/mol. The number of fused-ring (bicyclic) bond motifs is 1. The number of thiazole rings is 1. The largest absolute Gasteiger partial charge is 0.478 e. The Morgan fingerprint density at radius 2 is 2.24 bits per heavy atom. The minimum atomic E-state index is -0.864. The highest BCUT2D eigenvalue weighted by molar-refractivity contribution is 9.11. The molecule has 2 aromatic rings. The number of halogens is 1. The van der Waals surface area contributed by atoms with Crippen LogP contribution in [0.1, 0.15) is 41.1 Å². The van der Waals surface area contributed by atoms with Crippen LogP contribution in [-0.2, 0) is 0 Å². The summed E-state index contributed by atoms with van der Waals surface area (Å²) in [5.74, 6) is -0.372. The summed E-state index contributed by atoms with van der Waals surface area (Å²) in [5, 5.41) is 9.12. The average Bonchev–Trinajstić information content (AvgIpc) is 2.55. The number of rotatable bonds is 2. The normalized spacial score (nSPS) is 16.1. The fourth-order valence-electron chi connectivity index (χ4n) is 2.18. The topological polar surface area (TPSA) is 50.2 Å². The molecule has 1 aliphatic carbocycles. The molecule has 3 rings (SSSR count). The van der Waals surface area contributed by atoms with E-state index >= 15 is 0 Å². The van der Waals surface area contributed by atoms with E-state index in [1.54, 1.807) is 12.1 Å². The van der Waals surface area contributed by atoms with Gasteiger partial charge in [0.25, 0.3) is 0 Å². The van der Waals surface area contributed by atoms with Gasteiger partial charge in [0.1, 0.15) is 0 Å². The van der Waals surface area contributed by atoms with Crippen LogP contribution in [0.15, 0.2) is 16.0 Å². The second kappa shape index (κ2) is 4.07. The SMILES string of the molecule is O=C(O)c1cc(C2CCC2)c2nc(Br)sc2c1. The monoisotopic (exact) mass is 311 g/mol. The van der Waals surface area contributed by atoms with Crippen LogP contribution < -0.4 is 0 Å². The number of hydrogen-bond donors (Lipinski definition) is 1. The molecule has 1 aromatic heterocycles. The zero-order valence-electron chi connectivity index (χ0n) is 8.94. The van der Waals surface area contributed by atoms with Gasteiger partial charge in [0.15, 0.2) is 3.92 Å². The molecule has 1 heterocycles. The van der Waals surface area contributed by atoms with Crippen molar-refractivity contribution in [2.24, 2.45) is 0 Å². The zero-order chi connectivity index (χ0) is 12.0. The van der Waals surface area contributed by atoms with Gasteiger partial charge in [-0.25, -0.2) is 9.78 Å². The van der Waals surface area contributed by atoms with Gasteiger partial charge in [-0.2, -0.15) is 0 Å². The molecule has 5 heteroatoms. The van der Waals surface area contributed by atoms with Crippen molar-refractivity contribution < 1.29 is 9.90 Å². The maximum Gasteiger partial charge on any atom is 0.335 e. The van der Waals surface area contributed by atoms with Gasteiger partial charge < -0.3 is 5.11 Å². The van der Waals surface area contributed by atoms with E-state index in [-0.39, 0.29) is 0 Å². The van der Waals surface area contributed by atoms with Gasteiger partial charge >= 0.3 is 5.97 Å². The molecule has 1 N–H and O–H groups in total. The number of aromatic carboxylic acids is 1. The Morgan fingerprint density at radius 3 is 2.82 bits per heavy atom. The van der Waals surface area contributed by atoms with Crippen LogP contribution in [0.25, 0.3) is 10.2 Å². The number of carboxylic acid groups (broad SMARTS) is 1. The van der Waals surface area contributed by atoms with Crippen molar-refractivity contribution in [3.05, 3.63) is 27.2 Å². The fraction of sp³-hybridized carbons (Fsp3) is 0.333. The van der Waals surface area contributed by atoms with Gasteiger partial charge in [-0.15, -0.1) is 11.3 Å². The summed E-state index contributed by atoms with van der Waals surface area (Å²) in [7, 11) is 0. The van der Waals surface area contributed by atoms with Gasteiger partial charge in [0, 0.05) is 0 Å². The van der Waals surface area contributed by atoms with Gasteiger partial charge in [0.2, 0.25) is 0 Å². The Balaban J connectivity index is 2.24. The Morgan fingerprint density at radius 1 is 1.47 bits per heavy atom. The Labute approximate surface area is 111 Å². The number of benzene rings is 1. The first-order valence-corrected chi connectivity index (χ1v) is 7.09. The third kappa shape index (κ3) is 1.87. The van der Waals surface area contributed by atoms with Crippen LogP contribution in [0.3, 0.4) is 0 Å². The molecule has 1 saturated carbocycles. The first kappa shape index (κ1) is 11.2. The zero-order valence-corrected chi connectivity index (χ0v) is 11.3. The average molecular weight is 312 g/mol. The van der Waals surface area contributed by atoms with Crippen LogP contribution in [-0.4, -0.2) is 16.1 Å². The lowest BCUT2D eigenvalue weighted by molar-refractivity contribution is 0.0697. The van der Waals surface area contributed by atoms with Crippen molar-refractivity contribution >= 4 is 43.5 Å². The van der Waals surface area contributed by atoms with Crippen molar-refractivity contribution in [1.29, 1.82) is 0 Å². The van der Waals surface area contributed by atoms with Crippen molar-refractivity contribution in [3.63, 3.8) is 0 Å². The van der Waals surface area contributed by atoms with Crippen molar-refractivity contribution in [1.82, 2.24) is 4.98 Å². The highest BCUT2D eigenvalue weighted by Gasteiger charge is 2.24. The quantitative estimate of drug-likeness (QED) is 0.911. The molecule has 1 fully saturated rings. The summed E-state index contributed by atoms with van der Waals surface area (Å²) >= 11 is 4.86. The number of carbonyl (C=O) groups is 1. The van der Waals surface area contributed by atoms with Gasteiger partial charge in [-0.05, 0) is 52.4 Å². The lowest BCUT2D eigenvalue weighted by atomic mass is 9.79. The van der Waals surface area contributed by atoms with Crippen molar-refractivity contribution in [2.45, 2.75) is 25.2 Å². The molecule has 1 aliphatic rings. The van der Waals surface area contributed by atoms with Crippen molar-refractivity contribution in [3.8, 4) is 0 Å². The lowest BCUT2D eigenvalue weighted by Crippen LogP contribution is -2.10. The molecule has 0 unspecified atom stereocenters. The highest BCUT2D eigenvalue weighted by atomic mass is 79.9. The maximum absolute atomic E-state index is 11.1. The minimum absolute atomic E-state index is 0.371. The number of aromatic nitrogens is 1. The molecule has 1 aromatic carbocycles. The van der Waals surface area contributed by atoms with E-state index in [0.717, 1.165) is 32.5 Å². The molecule has 0 saturated heterocycles. The van der Waals surface area contributed by atoms with E-state index in [2.05, 4.69) is 20.9 Å². The van der Waals surface area contributed by atoms with E-state index < -0.39 is 5.97 Å². The summed E-state index contributed by atoms with van der Waals surface area (Å²) in [6.45, 7) is 0. The molecule has 17 heavy (non-hydrogen) atoms. The molecule has 0 amide bonds. The Hall–Kier alpha value is -0.940. The predicted octanol–water partition coefficient (Wildman–Crippen LogP) is 4.02. The molecular formula is C12H10BrNO2S. The summed E-state index contributed by atoms with van der Waals surface area (Å²) in [6, 6.07) is 3.50. The summed E-state index contributed by atoms with van der Waals surface area (Å²) < 4.78 is 1.77. The number of hydrogen-bond acceptors (Lipinski definition) is 3. The predicted molar refractivity (Wildman–Crippen MR) is 70.9 cm³/mol. The molecule has 88 valence electrons. The van der Waals surface area contributed by atoms with Crippen LogP contribution >= 0.6 is 27.3 Å². The third-order valence-electron chi connectivity index (χ3n) is 3.29. The van der Waals surface area contributed by atoms with E-state index in [0.29, 0.717) is 11.5 Å². The Kier molecular flexibility index (Phi) is 2.67. The number of nitrogens with zero attached hydrogens (tertiary/aromatic N) is 1. The van der Waals surface area contributed by atoms with E-state index in [1.165, 1.54) is 17.8 Å². The van der Waals surface area contributed by atoms with Crippen LogP contribution in [0.4, 0.5) is 0 Å². The van der Waals surface area contributed by atoms with Crippen molar-refractivity contribution in [2.75, 3.05) is 0 Å². The van der Waals surface area contributed by atoms with E-state index in [4.69, 9.17) is 5.11 Å². The lowest BCUT2D eigenvalue weighted by Gasteiger charge is -2.26. The van der Waals surface area contributed by atoms with Crippen LogP contribution in [0, 0.1) is 0 Å². The third-order valence-corrected chi connectivity index (χ3v) is 4.74. The maximum atomic E-state index is 11.1. The van der Waals surface area contributed by atoms with E-state index in [1.807, 2.05) is 0 Å². The second-order valence-electron chi connectivity index (χ2n) is 4.31. The van der Waals surface area contributed by atoms with Gasteiger partial charge in [-0.1, -0.05) is 6.42 Å². The Bertz CT molecular complexity index is 604. The minimum Gasteiger partial charge on any atom is -0.478 e. The molecule has 0 radical (unpaired) electrons. The molecule has 0 bridgehead atoms. The summed E-state index contributed by atoms with van der Waals surface area (Å²) in [4.78, 5) is 15.6.